The third kappa shape index (κ3) is 3.65. The lowest BCUT2D eigenvalue weighted by Crippen LogP contribution is -2.45. The molecule has 1 amide bonds. The van der Waals surface area contributed by atoms with Crippen LogP contribution >= 0.6 is 11.6 Å². The summed E-state index contributed by atoms with van der Waals surface area (Å²) in [5.41, 5.74) is -0.640. The molecule has 1 aromatic carbocycles. The van der Waals surface area contributed by atoms with Gasteiger partial charge in [-0.3, -0.25) is 9.78 Å². The van der Waals surface area contributed by atoms with E-state index in [1.165, 1.54) is 36.8 Å². The van der Waals surface area contributed by atoms with Crippen LogP contribution in [0.5, 0.6) is 0 Å². The summed E-state index contributed by atoms with van der Waals surface area (Å²) in [5.74, 6) is -0.306. The molecule has 0 aliphatic heterocycles. The minimum Gasteiger partial charge on any atom is -0.390 e. The molecule has 2 bridgehead atoms. The van der Waals surface area contributed by atoms with Crippen LogP contribution in [0, 0.1) is 11.8 Å². The number of benzene rings is 1. The molecule has 1 aromatic heterocycles. The van der Waals surface area contributed by atoms with E-state index in [9.17, 15) is 18.3 Å². The highest BCUT2D eigenvalue weighted by atomic mass is 35.5. The van der Waals surface area contributed by atoms with Gasteiger partial charge < -0.3 is 10.4 Å². The van der Waals surface area contributed by atoms with Gasteiger partial charge in [0.25, 0.3) is 5.91 Å². The van der Waals surface area contributed by atoms with Crippen LogP contribution in [0.25, 0.3) is 0 Å². The van der Waals surface area contributed by atoms with Gasteiger partial charge in [-0.1, -0.05) is 11.6 Å². The molecule has 0 spiro atoms. The smallest absolute Gasteiger partial charge is 0.256 e. The molecular weight excluding hydrogens is 414 g/mol. The minimum atomic E-state index is -3.75. The lowest BCUT2D eigenvalue weighted by Gasteiger charge is -2.40. The molecule has 2 aliphatic rings. The molecule has 0 saturated heterocycles. The van der Waals surface area contributed by atoms with Crippen molar-refractivity contribution in [2.75, 3.05) is 5.32 Å². The fourth-order valence-electron chi connectivity index (χ4n) is 4.61. The second-order valence-corrected chi connectivity index (χ2v) is 10.6. The molecule has 2 aromatic rings. The minimum absolute atomic E-state index is 0.0389. The fourth-order valence-corrected chi connectivity index (χ4v) is 7.01. The number of halogens is 1. The SMILES string of the molecule is C[C@]1(O)C2CCC1C[C@@H](S(=O)(=O)c1cc(C(=O)Nc3cnccn3)ccc1Cl)C2. The molecule has 2 unspecified atom stereocenters. The number of sulfone groups is 1. The molecule has 2 aliphatic carbocycles. The number of carbonyl (C=O) groups excluding carboxylic acids is 1. The molecule has 0 radical (unpaired) electrons. The van der Waals surface area contributed by atoms with E-state index in [2.05, 4.69) is 15.3 Å². The Labute approximate surface area is 174 Å². The lowest BCUT2D eigenvalue weighted by molar-refractivity contribution is -0.0413. The summed E-state index contributed by atoms with van der Waals surface area (Å²) in [6.07, 6.45) is 6.79. The van der Waals surface area contributed by atoms with E-state index >= 15 is 0 Å². The third-order valence-corrected chi connectivity index (χ3v) is 9.01. The number of nitrogens with zero attached hydrogens (tertiary/aromatic N) is 2. The van der Waals surface area contributed by atoms with Crippen LogP contribution in [0.2, 0.25) is 5.02 Å². The van der Waals surface area contributed by atoms with Gasteiger partial charge in [-0.25, -0.2) is 13.4 Å². The molecule has 4 rings (SSSR count). The van der Waals surface area contributed by atoms with Crippen molar-refractivity contribution in [3.8, 4) is 0 Å². The van der Waals surface area contributed by atoms with E-state index < -0.39 is 26.6 Å². The molecule has 2 saturated carbocycles. The molecule has 29 heavy (non-hydrogen) atoms. The van der Waals surface area contributed by atoms with Crippen molar-refractivity contribution in [1.29, 1.82) is 0 Å². The van der Waals surface area contributed by atoms with Crippen LogP contribution in [0.4, 0.5) is 5.82 Å². The third-order valence-electron chi connectivity index (χ3n) is 6.35. The van der Waals surface area contributed by atoms with Crippen LogP contribution in [-0.4, -0.2) is 40.3 Å². The number of hydrogen-bond donors (Lipinski definition) is 2. The lowest BCUT2D eigenvalue weighted by atomic mass is 9.76. The standard InChI is InChI=1S/C20H22ClN3O4S/c1-20(26)13-3-4-14(20)10-15(9-13)29(27,28)17-8-12(2-5-16(17)21)19(25)24-18-11-22-6-7-23-18/h2,5-8,11,13-15,26H,3-4,9-10H2,1H3,(H,23,24,25)/t13?,14?,15-,20-. The van der Waals surface area contributed by atoms with E-state index in [0.717, 1.165) is 12.8 Å². The Hall–Kier alpha value is -2.03. The van der Waals surface area contributed by atoms with Gasteiger partial charge in [-0.15, -0.1) is 0 Å². The maximum atomic E-state index is 13.4. The summed E-state index contributed by atoms with van der Waals surface area (Å²) in [4.78, 5) is 20.3. The second kappa shape index (κ2) is 7.34. The Morgan fingerprint density at radius 3 is 2.55 bits per heavy atom. The normalized spacial score (nSPS) is 28.9. The molecule has 1 heterocycles. The zero-order chi connectivity index (χ0) is 20.8. The van der Waals surface area contributed by atoms with Crippen molar-refractivity contribution in [3.63, 3.8) is 0 Å². The summed E-state index contributed by atoms with van der Waals surface area (Å²) in [5, 5.41) is 12.7. The van der Waals surface area contributed by atoms with Gasteiger partial charge in [0.05, 0.1) is 27.0 Å². The number of fused-ring (bicyclic) bond motifs is 2. The maximum Gasteiger partial charge on any atom is 0.256 e. The average Bonchev–Trinajstić information content (AvgIpc) is 2.86. The first-order valence-corrected chi connectivity index (χ1v) is 11.4. The first-order chi connectivity index (χ1) is 13.7. The summed E-state index contributed by atoms with van der Waals surface area (Å²) < 4.78 is 26.7. The van der Waals surface area contributed by atoms with E-state index in [-0.39, 0.29) is 33.1 Å². The van der Waals surface area contributed by atoms with Crippen LogP contribution < -0.4 is 5.32 Å². The van der Waals surface area contributed by atoms with Crippen LogP contribution in [0.15, 0.2) is 41.7 Å². The Kier molecular flexibility index (Phi) is 5.13. The number of aliphatic hydroxyl groups is 1. The number of aromatic nitrogens is 2. The van der Waals surface area contributed by atoms with Crippen LogP contribution in [0.1, 0.15) is 43.0 Å². The molecule has 9 heteroatoms. The topological polar surface area (TPSA) is 109 Å². The summed E-state index contributed by atoms with van der Waals surface area (Å²) in [6.45, 7) is 1.81. The zero-order valence-corrected chi connectivity index (χ0v) is 17.4. The number of carbonyl (C=O) groups is 1. The monoisotopic (exact) mass is 435 g/mol. The predicted octanol–water partition coefficient (Wildman–Crippen LogP) is 3.10. The molecular formula is C20H22ClN3O4S. The number of rotatable bonds is 4. The first-order valence-electron chi connectivity index (χ1n) is 9.52. The fraction of sp³-hybridized carbons (Fsp3) is 0.450. The van der Waals surface area contributed by atoms with Crippen LogP contribution in [0.3, 0.4) is 0 Å². The van der Waals surface area contributed by atoms with E-state index in [0.29, 0.717) is 12.8 Å². The second-order valence-electron chi connectivity index (χ2n) is 8.03. The van der Waals surface area contributed by atoms with Crippen molar-refractivity contribution >= 4 is 33.2 Å². The van der Waals surface area contributed by atoms with Gasteiger partial charge in [0.2, 0.25) is 0 Å². The Morgan fingerprint density at radius 1 is 1.24 bits per heavy atom. The van der Waals surface area contributed by atoms with Gasteiger partial charge >= 0.3 is 0 Å². The first kappa shape index (κ1) is 20.3. The maximum absolute atomic E-state index is 13.4. The molecule has 2 N–H and O–H groups in total. The van der Waals surface area contributed by atoms with Crippen molar-refractivity contribution in [2.45, 2.75) is 48.4 Å². The highest BCUT2D eigenvalue weighted by molar-refractivity contribution is 7.92. The van der Waals surface area contributed by atoms with E-state index in [1.54, 1.807) is 0 Å². The van der Waals surface area contributed by atoms with Gasteiger partial charge in [-0.2, -0.15) is 0 Å². The highest BCUT2D eigenvalue weighted by Gasteiger charge is 2.53. The Balaban J connectivity index is 1.61. The van der Waals surface area contributed by atoms with Gasteiger partial charge in [0, 0.05) is 18.0 Å². The van der Waals surface area contributed by atoms with Crippen molar-refractivity contribution in [1.82, 2.24) is 9.97 Å². The predicted molar refractivity (Wildman–Crippen MR) is 108 cm³/mol. The highest BCUT2D eigenvalue weighted by Crippen LogP contribution is 2.51. The average molecular weight is 436 g/mol. The molecule has 154 valence electrons. The summed E-state index contributed by atoms with van der Waals surface area (Å²) in [7, 11) is -3.75. The number of nitrogens with one attached hydrogen (secondary N) is 1. The number of amides is 1. The molecule has 7 nitrogen and oxygen atoms in total. The van der Waals surface area contributed by atoms with Crippen LogP contribution in [-0.2, 0) is 9.84 Å². The summed E-state index contributed by atoms with van der Waals surface area (Å²) >= 11 is 6.23. The Morgan fingerprint density at radius 2 is 1.93 bits per heavy atom. The number of anilines is 1. The summed E-state index contributed by atoms with van der Waals surface area (Å²) in [6, 6.07) is 4.22. The molecule has 2 atom stereocenters. The van der Waals surface area contributed by atoms with Gasteiger partial charge in [-0.05, 0) is 62.6 Å². The van der Waals surface area contributed by atoms with Gasteiger partial charge in [0.15, 0.2) is 15.7 Å². The van der Waals surface area contributed by atoms with E-state index in [1.807, 2.05) is 6.92 Å². The van der Waals surface area contributed by atoms with Crippen molar-refractivity contribution in [2.24, 2.45) is 11.8 Å². The van der Waals surface area contributed by atoms with Crippen molar-refractivity contribution in [3.05, 3.63) is 47.4 Å². The zero-order valence-electron chi connectivity index (χ0n) is 15.9. The number of hydrogen-bond acceptors (Lipinski definition) is 6. The molecule has 2 fully saturated rings. The van der Waals surface area contributed by atoms with Crippen molar-refractivity contribution < 1.29 is 18.3 Å². The quantitative estimate of drug-likeness (QED) is 0.763. The van der Waals surface area contributed by atoms with Gasteiger partial charge in [0.1, 0.15) is 0 Å². The van der Waals surface area contributed by atoms with E-state index in [4.69, 9.17) is 11.6 Å². The Bertz CT molecular complexity index is 1030. The largest absolute Gasteiger partial charge is 0.390 e.